The fourth-order valence-corrected chi connectivity index (χ4v) is 7.17. The van der Waals surface area contributed by atoms with Crippen LogP contribution in [-0.2, 0) is 18.3 Å². The van der Waals surface area contributed by atoms with E-state index in [0.29, 0.717) is 18.1 Å². The van der Waals surface area contributed by atoms with Gasteiger partial charge in [-0.25, -0.2) is 0 Å². The van der Waals surface area contributed by atoms with E-state index in [1.54, 1.807) is 14.2 Å². The molecule has 0 radical (unpaired) electrons. The molecule has 3 saturated carbocycles. The van der Waals surface area contributed by atoms with Crippen molar-refractivity contribution in [2.75, 3.05) is 14.2 Å². The molecule has 1 N–H and O–H groups in total. The van der Waals surface area contributed by atoms with Crippen molar-refractivity contribution in [3.63, 3.8) is 0 Å². The molecule has 0 heterocycles. The van der Waals surface area contributed by atoms with E-state index in [9.17, 15) is 5.11 Å². The quantitative estimate of drug-likeness (QED) is 0.577. The summed E-state index contributed by atoms with van der Waals surface area (Å²) in [6.07, 6.45) is 16.6. The van der Waals surface area contributed by atoms with Gasteiger partial charge in [0.25, 0.3) is 0 Å². The molecule has 0 amide bonds. The van der Waals surface area contributed by atoms with Gasteiger partial charge in [-0.15, -0.1) is 0 Å². The Morgan fingerprint density at radius 1 is 0.821 bits per heavy atom. The molecule has 0 aromatic heterocycles. The van der Waals surface area contributed by atoms with Crippen molar-refractivity contribution in [3.05, 3.63) is 0 Å². The van der Waals surface area contributed by atoms with Gasteiger partial charge in [-0.3, -0.25) is 0 Å². The van der Waals surface area contributed by atoms with E-state index >= 15 is 0 Å². The fourth-order valence-electron chi connectivity index (χ4n) is 5.41. The highest BCUT2D eigenvalue weighted by Gasteiger charge is 2.37. The maximum absolute atomic E-state index is 10.5. The second-order valence-corrected chi connectivity index (χ2v) is 11.6. The van der Waals surface area contributed by atoms with Crippen molar-refractivity contribution >= 4 is 9.28 Å². The smallest absolute Gasteiger partial charge is 0.350 e. The number of ether oxygens (including phenoxy) is 2. The number of hydrogen-bond acceptors (Lipinski definition) is 5. The Morgan fingerprint density at radius 3 is 2.04 bits per heavy atom. The van der Waals surface area contributed by atoms with Gasteiger partial charge in [0.2, 0.25) is 0 Å². The molecule has 28 heavy (non-hydrogen) atoms. The second kappa shape index (κ2) is 12.0. The van der Waals surface area contributed by atoms with E-state index in [1.165, 1.54) is 51.4 Å². The minimum atomic E-state index is -1.85. The molecule has 6 heteroatoms. The Hall–Kier alpha value is 0.0169. The predicted molar refractivity (Wildman–Crippen MR) is 113 cm³/mol. The van der Waals surface area contributed by atoms with Crippen molar-refractivity contribution < 1.29 is 23.4 Å². The Morgan fingerprint density at radius 2 is 1.43 bits per heavy atom. The van der Waals surface area contributed by atoms with Crippen LogP contribution in [0.5, 0.6) is 0 Å². The zero-order chi connectivity index (χ0) is 19.8. The lowest BCUT2D eigenvalue weighted by atomic mass is 9.83. The minimum absolute atomic E-state index is 0.0117. The first-order chi connectivity index (χ1) is 13.7. The van der Waals surface area contributed by atoms with Crippen LogP contribution in [0, 0.1) is 5.92 Å². The molecule has 4 unspecified atom stereocenters. The van der Waals surface area contributed by atoms with Gasteiger partial charge >= 0.3 is 9.28 Å². The van der Waals surface area contributed by atoms with Crippen LogP contribution < -0.4 is 0 Å². The van der Waals surface area contributed by atoms with Crippen molar-refractivity contribution in [1.82, 2.24) is 0 Å². The third-order valence-electron chi connectivity index (χ3n) is 7.04. The largest absolute Gasteiger partial charge is 0.398 e. The number of hydrogen-bond donors (Lipinski definition) is 1. The predicted octanol–water partition coefficient (Wildman–Crippen LogP) is 4.03. The molecule has 0 aliphatic heterocycles. The van der Waals surface area contributed by atoms with Crippen molar-refractivity contribution in [2.45, 2.75) is 120 Å². The second-order valence-electron chi connectivity index (χ2n) is 9.19. The summed E-state index contributed by atoms with van der Waals surface area (Å²) in [5.41, 5.74) is 0.0914. The topological polar surface area (TPSA) is 57.2 Å². The van der Waals surface area contributed by atoms with Crippen molar-refractivity contribution in [2.24, 2.45) is 5.92 Å². The first kappa shape index (κ1) is 22.7. The van der Waals surface area contributed by atoms with Crippen LogP contribution in [0.4, 0.5) is 0 Å². The highest BCUT2D eigenvalue weighted by atomic mass is 28.3. The average Bonchev–Trinajstić information content (AvgIpc) is 2.73. The van der Waals surface area contributed by atoms with E-state index in [2.05, 4.69) is 0 Å². The normalized spacial score (nSPS) is 31.9. The summed E-state index contributed by atoms with van der Waals surface area (Å²) in [5, 5.41) is 10.5. The van der Waals surface area contributed by atoms with Crippen LogP contribution in [-0.4, -0.2) is 58.8 Å². The molecule has 3 fully saturated rings. The SMILES string of the molecule is CO[SiH](OC)C(CC1CCC(O)C(OC2CCCCC2)C1)OC1CCCCC1. The zero-order valence-corrected chi connectivity index (χ0v) is 19.2. The van der Waals surface area contributed by atoms with Gasteiger partial charge in [-0.2, -0.15) is 0 Å². The number of aliphatic hydroxyl groups excluding tert-OH is 1. The van der Waals surface area contributed by atoms with E-state index in [-0.39, 0.29) is 17.9 Å². The summed E-state index contributed by atoms with van der Waals surface area (Å²) in [6, 6.07) is 0. The summed E-state index contributed by atoms with van der Waals surface area (Å²) in [5.74, 6) is 0.519. The van der Waals surface area contributed by atoms with Crippen LogP contribution in [0.1, 0.15) is 89.9 Å². The maximum atomic E-state index is 10.5. The summed E-state index contributed by atoms with van der Waals surface area (Å²) in [6.45, 7) is 0. The van der Waals surface area contributed by atoms with Gasteiger partial charge < -0.3 is 23.4 Å². The van der Waals surface area contributed by atoms with E-state index in [4.69, 9.17) is 18.3 Å². The van der Waals surface area contributed by atoms with Crippen molar-refractivity contribution in [1.29, 1.82) is 0 Å². The van der Waals surface area contributed by atoms with E-state index < -0.39 is 9.28 Å². The first-order valence-corrected chi connectivity index (χ1v) is 13.3. The first-order valence-electron chi connectivity index (χ1n) is 11.7. The molecule has 164 valence electrons. The molecule has 3 aliphatic rings. The lowest BCUT2D eigenvalue weighted by Crippen LogP contribution is -2.44. The van der Waals surface area contributed by atoms with E-state index in [0.717, 1.165) is 38.5 Å². The highest BCUT2D eigenvalue weighted by Crippen LogP contribution is 2.34. The molecule has 3 rings (SSSR count). The molecule has 5 nitrogen and oxygen atoms in total. The molecule has 3 aliphatic carbocycles. The monoisotopic (exact) mass is 414 g/mol. The number of aliphatic hydroxyl groups is 1. The van der Waals surface area contributed by atoms with Gasteiger partial charge in [-0.1, -0.05) is 38.5 Å². The molecule has 0 aromatic rings. The summed E-state index contributed by atoms with van der Waals surface area (Å²) in [4.78, 5) is 0. The molecule has 0 aromatic carbocycles. The average molecular weight is 415 g/mol. The Balaban J connectivity index is 1.55. The lowest BCUT2D eigenvalue weighted by Gasteiger charge is -2.38. The summed E-state index contributed by atoms with van der Waals surface area (Å²) >= 11 is 0. The Kier molecular flexibility index (Phi) is 9.74. The maximum Gasteiger partial charge on any atom is 0.350 e. The van der Waals surface area contributed by atoms with Gasteiger partial charge in [0, 0.05) is 14.2 Å². The standard InChI is InChI=1S/C22H42O5Si/c1-24-28(25-2)22(27-19-11-7-4-8-12-19)16-17-13-14-20(23)21(15-17)26-18-9-5-3-6-10-18/h17-23,28H,3-16H2,1-2H3. The zero-order valence-electron chi connectivity index (χ0n) is 18.0. The molecule has 0 saturated heterocycles. The molecule has 0 bridgehead atoms. The van der Waals surface area contributed by atoms with E-state index in [1.807, 2.05) is 0 Å². The van der Waals surface area contributed by atoms with Crippen LogP contribution >= 0.6 is 0 Å². The molecular weight excluding hydrogens is 372 g/mol. The van der Waals surface area contributed by atoms with Gasteiger partial charge in [0.1, 0.15) is 0 Å². The third kappa shape index (κ3) is 6.78. The van der Waals surface area contributed by atoms with Crippen LogP contribution in [0.2, 0.25) is 0 Å². The molecule has 4 atom stereocenters. The lowest BCUT2D eigenvalue weighted by molar-refractivity contribution is -0.116. The number of rotatable bonds is 9. The fraction of sp³-hybridized carbons (Fsp3) is 1.00. The molecule has 0 spiro atoms. The van der Waals surface area contributed by atoms with Crippen LogP contribution in [0.3, 0.4) is 0 Å². The third-order valence-corrected chi connectivity index (χ3v) is 9.00. The Labute approximate surface area is 173 Å². The summed E-state index contributed by atoms with van der Waals surface area (Å²) in [7, 11) is 1.67. The van der Waals surface area contributed by atoms with Gasteiger partial charge in [0.05, 0.1) is 30.1 Å². The summed E-state index contributed by atoms with van der Waals surface area (Å²) < 4.78 is 24.4. The molecular formula is C22H42O5Si. The van der Waals surface area contributed by atoms with Gasteiger partial charge in [-0.05, 0) is 57.3 Å². The van der Waals surface area contributed by atoms with Crippen LogP contribution in [0.25, 0.3) is 0 Å². The highest BCUT2D eigenvalue weighted by molar-refractivity contribution is 6.45. The van der Waals surface area contributed by atoms with Gasteiger partial charge in [0.15, 0.2) is 0 Å². The van der Waals surface area contributed by atoms with Crippen molar-refractivity contribution in [3.8, 4) is 0 Å². The Bertz CT molecular complexity index is 421. The van der Waals surface area contributed by atoms with Crippen LogP contribution in [0.15, 0.2) is 0 Å². The minimum Gasteiger partial charge on any atom is -0.398 e.